The lowest BCUT2D eigenvalue weighted by Gasteiger charge is -2.06. The molecule has 2 heterocycles. The number of benzene rings is 1. The van der Waals surface area contributed by atoms with Gasteiger partial charge in [0.15, 0.2) is 5.82 Å². The summed E-state index contributed by atoms with van der Waals surface area (Å²) in [6.07, 6.45) is 3.53. The number of nitrogens with one attached hydrogen (secondary N) is 1. The van der Waals surface area contributed by atoms with Crippen LogP contribution in [0.2, 0.25) is 0 Å². The fraction of sp³-hybridized carbons (Fsp3) is 0.0714. The molecule has 1 aromatic carbocycles. The highest BCUT2D eigenvalue weighted by Gasteiger charge is 2.21. The van der Waals surface area contributed by atoms with Crippen LogP contribution in [0.5, 0.6) is 0 Å². The molecule has 0 aliphatic heterocycles. The van der Waals surface area contributed by atoms with Gasteiger partial charge in [-0.15, -0.1) is 0 Å². The number of hydrogen-bond acceptors (Lipinski definition) is 5. The molecule has 1 N–H and O–H groups in total. The Bertz CT molecular complexity index is 1050. The number of rotatable bonds is 4. The van der Waals surface area contributed by atoms with E-state index in [-0.39, 0.29) is 22.0 Å². The molecular weight excluding hydrogens is 335 g/mol. The number of nitriles is 1. The van der Waals surface area contributed by atoms with Crippen molar-refractivity contribution >= 4 is 15.8 Å². The van der Waals surface area contributed by atoms with Crippen LogP contribution in [0.1, 0.15) is 5.56 Å². The van der Waals surface area contributed by atoms with Crippen LogP contribution < -0.4 is 4.72 Å². The summed E-state index contributed by atoms with van der Waals surface area (Å²) in [6.45, 7) is 0. The van der Waals surface area contributed by atoms with Crippen molar-refractivity contribution in [1.29, 1.82) is 5.26 Å². The van der Waals surface area contributed by atoms with Crippen molar-refractivity contribution < 1.29 is 12.8 Å². The van der Waals surface area contributed by atoms with Gasteiger partial charge in [-0.3, -0.25) is 9.40 Å². The van der Waals surface area contributed by atoms with Crippen LogP contribution in [-0.2, 0) is 17.1 Å². The minimum atomic E-state index is -4.01. The Hall–Kier alpha value is -3.19. The summed E-state index contributed by atoms with van der Waals surface area (Å²) in [5.41, 5.74) is 0.208. The summed E-state index contributed by atoms with van der Waals surface area (Å²) in [6, 6.07) is 7.70. The number of hydrogen-bond donors (Lipinski definition) is 1. The van der Waals surface area contributed by atoms with Crippen LogP contribution in [0.15, 0.2) is 47.8 Å². The van der Waals surface area contributed by atoms with Crippen LogP contribution >= 0.6 is 0 Å². The molecule has 8 nitrogen and oxygen atoms in total. The van der Waals surface area contributed by atoms with Gasteiger partial charge in [-0.25, -0.2) is 17.5 Å². The third-order valence-corrected chi connectivity index (χ3v) is 4.55. The van der Waals surface area contributed by atoms with Gasteiger partial charge in [-0.1, -0.05) is 12.1 Å². The first-order chi connectivity index (χ1) is 11.4. The highest BCUT2D eigenvalue weighted by molar-refractivity contribution is 7.92. The minimum absolute atomic E-state index is 0.0381. The lowest BCUT2D eigenvalue weighted by molar-refractivity contribution is 0.599. The second-order valence-corrected chi connectivity index (χ2v) is 6.50. The van der Waals surface area contributed by atoms with E-state index in [1.807, 2.05) is 6.07 Å². The predicted octanol–water partition coefficient (Wildman–Crippen LogP) is 1.42. The second-order valence-electron chi connectivity index (χ2n) is 4.82. The lowest BCUT2D eigenvalue weighted by atomic mass is 10.3. The quantitative estimate of drug-likeness (QED) is 0.769. The predicted molar refractivity (Wildman–Crippen MR) is 82.3 cm³/mol. The van der Waals surface area contributed by atoms with E-state index in [0.29, 0.717) is 0 Å². The zero-order valence-corrected chi connectivity index (χ0v) is 13.2. The summed E-state index contributed by atoms with van der Waals surface area (Å²) >= 11 is 0. The van der Waals surface area contributed by atoms with Crippen molar-refractivity contribution in [1.82, 2.24) is 19.6 Å². The Balaban J connectivity index is 1.96. The maximum Gasteiger partial charge on any atom is 0.266 e. The fourth-order valence-electron chi connectivity index (χ4n) is 2.04. The molecule has 3 aromatic rings. The van der Waals surface area contributed by atoms with Gasteiger partial charge in [0.05, 0.1) is 18.6 Å². The molecule has 24 heavy (non-hydrogen) atoms. The SMILES string of the molecule is Cn1ncc(C#N)c1NS(=O)(=O)c1cnn(-c2ccccc2F)c1. The molecule has 0 unspecified atom stereocenters. The Morgan fingerprint density at radius 1 is 1.25 bits per heavy atom. The third kappa shape index (κ3) is 2.72. The van der Waals surface area contributed by atoms with Gasteiger partial charge in [0.2, 0.25) is 0 Å². The number of nitrogens with zero attached hydrogens (tertiary/aromatic N) is 5. The van der Waals surface area contributed by atoms with Gasteiger partial charge in [0, 0.05) is 7.05 Å². The molecule has 0 saturated carbocycles. The first-order valence-electron chi connectivity index (χ1n) is 6.67. The van der Waals surface area contributed by atoms with Crippen LogP contribution in [0, 0.1) is 17.1 Å². The van der Waals surface area contributed by atoms with Gasteiger partial charge in [0.1, 0.15) is 28.0 Å². The van der Waals surface area contributed by atoms with Gasteiger partial charge in [-0.05, 0) is 12.1 Å². The first-order valence-corrected chi connectivity index (χ1v) is 8.15. The Kier molecular flexibility index (Phi) is 3.78. The zero-order valence-electron chi connectivity index (χ0n) is 12.4. The minimum Gasteiger partial charge on any atom is -0.262 e. The summed E-state index contributed by atoms with van der Waals surface area (Å²) < 4.78 is 43.3. The van der Waals surface area contributed by atoms with E-state index in [1.54, 1.807) is 6.07 Å². The average molecular weight is 346 g/mol. The van der Waals surface area contributed by atoms with E-state index < -0.39 is 15.8 Å². The maximum absolute atomic E-state index is 13.8. The molecule has 10 heteroatoms. The van der Waals surface area contributed by atoms with Crippen LogP contribution in [-0.4, -0.2) is 28.0 Å². The van der Waals surface area contributed by atoms with Crippen LogP contribution in [0.3, 0.4) is 0 Å². The number of anilines is 1. The average Bonchev–Trinajstić information content (AvgIpc) is 3.16. The number of aryl methyl sites for hydroxylation is 1. The molecule has 0 saturated heterocycles. The van der Waals surface area contributed by atoms with Crippen molar-refractivity contribution in [3.8, 4) is 11.8 Å². The van der Waals surface area contributed by atoms with E-state index >= 15 is 0 Å². The molecule has 0 atom stereocenters. The van der Waals surface area contributed by atoms with E-state index in [1.165, 1.54) is 42.3 Å². The van der Waals surface area contributed by atoms with E-state index in [4.69, 9.17) is 5.26 Å². The Labute approximate surface area is 136 Å². The molecule has 0 aliphatic rings. The molecule has 122 valence electrons. The van der Waals surface area contributed by atoms with Crippen molar-refractivity contribution in [3.05, 3.63) is 54.2 Å². The zero-order chi connectivity index (χ0) is 17.3. The lowest BCUT2D eigenvalue weighted by Crippen LogP contribution is -2.15. The van der Waals surface area contributed by atoms with Crippen molar-refractivity contribution in [3.63, 3.8) is 0 Å². The van der Waals surface area contributed by atoms with Gasteiger partial charge in [0.25, 0.3) is 10.0 Å². The van der Waals surface area contributed by atoms with Crippen LogP contribution in [0.25, 0.3) is 5.69 Å². The van der Waals surface area contributed by atoms with Gasteiger partial charge in [-0.2, -0.15) is 15.5 Å². The smallest absolute Gasteiger partial charge is 0.262 e. The van der Waals surface area contributed by atoms with Crippen molar-refractivity contribution in [2.45, 2.75) is 4.90 Å². The molecule has 0 spiro atoms. The summed E-state index contributed by atoms with van der Waals surface area (Å²) in [5.74, 6) is -0.493. The number of halogens is 1. The normalized spacial score (nSPS) is 11.2. The van der Waals surface area contributed by atoms with E-state index in [2.05, 4.69) is 14.9 Å². The largest absolute Gasteiger partial charge is 0.266 e. The molecule has 0 radical (unpaired) electrons. The Morgan fingerprint density at radius 2 is 2.00 bits per heavy atom. The number of para-hydroxylation sites is 1. The highest BCUT2D eigenvalue weighted by atomic mass is 32.2. The standard InChI is InChI=1S/C14H11FN6O2S/c1-20-14(10(6-16)7-17-20)19-24(22,23)11-8-18-21(9-11)13-5-3-2-4-12(13)15/h2-5,7-9,19H,1H3. The molecule has 0 amide bonds. The monoisotopic (exact) mass is 346 g/mol. The molecule has 0 bridgehead atoms. The summed E-state index contributed by atoms with van der Waals surface area (Å²) in [5, 5.41) is 16.7. The summed E-state index contributed by atoms with van der Waals surface area (Å²) in [4.78, 5) is -0.171. The maximum atomic E-state index is 13.8. The van der Waals surface area contributed by atoms with Gasteiger partial charge >= 0.3 is 0 Å². The highest BCUT2D eigenvalue weighted by Crippen LogP contribution is 2.20. The topological polar surface area (TPSA) is 106 Å². The van der Waals surface area contributed by atoms with Crippen molar-refractivity contribution in [2.75, 3.05) is 4.72 Å². The number of aromatic nitrogens is 4. The number of sulfonamides is 1. The van der Waals surface area contributed by atoms with Crippen molar-refractivity contribution in [2.24, 2.45) is 7.05 Å². The molecule has 2 aromatic heterocycles. The van der Waals surface area contributed by atoms with Gasteiger partial charge < -0.3 is 0 Å². The van der Waals surface area contributed by atoms with E-state index in [0.717, 1.165) is 10.9 Å². The summed E-state index contributed by atoms with van der Waals surface area (Å²) in [7, 11) is -2.50. The molecular formula is C14H11FN6O2S. The van der Waals surface area contributed by atoms with E-state index in [9.17, 15) is 12.8 Å². The third-order valence-electron chi connectivity index (χ3n) is 3.26. The second kappa shape index (κ2) is 5.78. The molecule has 0 aliphatic carbocycles. The Morgan fingerprint density at radius 3 is 2.71 bits per heavy atom. The molecule has 0 fully saturated rings. The fourth-order valence-corrected chi connectivity index (χ4v) is 3.08. The van der Waals surface area contributed by atoms with Crippen LogP contribution in [0.4, 0.5) is 10.2 Å². The first kappa shape index (κ1) is 15.7. The molecule has 3 rings (SSSR count).